The Morgan fingerprint density at radius 2 is 1.73 bits per heavy atom. The lowest BCUT2D eigenvalue weighted by Gasteiger charge is -2.26. The Balaban J connectivity index is 4.34. The summed E-state index contributed by atoms with van der Waals surface area (Å²) in [5.74, 6) is -0.438. The van der Waals surface area contributed by atoms with Crippen LogP contribution in [0.1, 0.15) is 20.3 Å². The van der Waals surface area contributed by atoms with Crippen LogP contribution in [0.2, 0.25) is 0 Å². The third-order valence-corrected chi connectivity index (χ3v) is 1.41. The Hall–Kier alpha value is -0.670. The lowest BCUT2D eigenvalue weighted by atomic mass is 9.88. The molecule has 1 nitrogen and oxygen atoms in total. The van der Waals surface area contributed by atoms with Gasteiger partial charge >= 0.3 is 6.18 Å². The van der Waals surface area contributed by atoms with Crippen molar-refractivity contribution in [3.05, 3.63) is 12.3 Å². The first-order valence-corrected chi connectivity index (χ1v) is 3.10. The number of halogens is 3. The van der Waals surface area contributed by atoms with Gasteiger partial charge in [0.25, 0.3) is 0 Å². The zero-order valence-electron chi connectivity index (χ0n) is 6.50. The number of hydrogen-bond acceptors (Lipinski definition) is 1. The Bertz CT molecular complexity index is 158. The van der Waals surface area contributed by atoms with E-state index in [2.05, 4.69) is 6.58 Å². The molecule has 66 valence electrons. The maximum absolute atomic E-state index is 12.0. The molecule has 4 heteroatoms. The van der Waals surface area contributed by atoms with Crippen LogP contribution < -0.4 is 0 Å². The van der Waals surface area contributed by atoms with Crippen molar-refractivity contribution in [2.24, 2.45) is 5.41 Å². The number of aliphatic hydroxyl groups is 1. The van der Waals surface area contributed by atoms with Crippen molar-refractivity contribution in [2.75, 3.05) is 0 Å². The molecule has 0 aliphatic rings. The lowest BCUT2D eigenvalue weighted by molar-refractivity contribution is -0.212. The van der Waals surface area contributed by atoms with E-state index in [9.17, 15) is 13.2 Å². The summed E-state index contributed by atoms with van der Waals surface area (Å²) < 4.78 is 36.1. The van der Waals surface area contributed by atoms with Gasteiger partial charge in [0.15, 0.2) is 0 Å². The molecule has 0 unspecified atom stereocenters. The van der Waals surface area contributed by atoms with Gasteiger partial charge in [-0.2, -0.15) is 13.2 Å². The van der Waals surface area contributed by atoms with Crippen LogP contribution in [-0.2, 0) is 0 Å². The molecular weight excluding hydrogens is 157 g/mol. The minimum Gasteiger partial charge on any atom is -0.513 e. The molecule has 0 fully saturated rings. The van der Waals surface area contributed by atoms with E-state index in [-0.39, 0.29) is 0 Å². The highest BCUT2D eigenvalue weighted by Gasteiger charge is 2.47. The first kappa shape index (κ1) is 10.3. The summed E-state index contributed by atoms with van der Waals surface area (Å²) in [4.78, 5) is 0. The molecule has 0 amide bonds. The summed E-state index contributed by atoms with van der Waals surface area (Å²) >= 11 is 0. The smallest absolute Gasteiger partial charge is 0.394 e. The molecule has 0 aromatic heterocycles. The maximum atomic E-state index is 12.0. The first-order chi connectivity index (χ1) is 4.67. The number of rotatable bonds is 2. The Kier molecular flexibility index (Phi) is 2.59. The van der Waals surface area contributed by atoms with E-state index in [1.165, 1.54) is 0 Å². The monoisotopic (exact) mass is 168 g/mol. The van der Waals surface area contributed by atoms with E-state index in [1.54, 1.807) is 0 Å². The summed E-state index contributed by atoms with van der Waals surface area (Å²) in [5, 5.41) is 8.56. The van der Waals surface area contributed by atoms with E-state index >= 15 is 0 Å². The van der Waals surface area contributed by atoms with Gasteiger partial charge in [0.2, 0.25) is 0 Å². The third-order valence-electron chi connectivity index (χ3n) is 1.41. The van der Waals surface area contributed by atoms with Crippen LogP contribution in [0, 0.1) is 5.41 Å². The van der Waals surface area contributed by atoms with Crippen LogP contribution in [0.25, 0.3) is 0 Å². The lowest BCUT2D eigenvalue weighted by Crippen LogP contribution is -2.32. The Labute approximate surface area is 63.5 Å². The molecule has 11 heavy (non-hydrogen) atoms. The van der Waals surface area contributed by atoms with Crippen molar-refractivity contribution in [1.82, 2.24) is 0 Å². The molecule has 0 saturated heterocycles. The van der Waals surface area contributed by atoms with Crippen LogP contribution in [0.5, 0.6) is 0 Å². The minimum atomic E-state index is -4.29. The van der Waals surface area contributed by atoms with Gasteiger partial charge in [0.05, 0.1) is 11.2 Å². The molecule has 0 spiro atoms. The highest BCUT2D eigenvalue weighted by molar-refractivity contribution is 4.90. The number of allylic oxidation sites excluding steroid dienone is 1. The van der Waals surface area contributed by atoms with E-state index in [4.69, 9.17) is 5.11 Å². The van der Waals surface area contributed by atoms with Crippen molar-refractivity contribution < 1.29 is 18.3 Å². The molecule has 0 saturated carbocycles. The van der Waals surface area contributed by atoms with Crippen LogP contribution in [0.4, 0.5) is 13.2 Å². The van der Waals surface area contributed by atoms with Gasteiger partial charge in [-0.05, 0) is 0 Å². The second-order valence-corrected chi connectivity index (χ2v) is 3.12. The Morgan fingerprint density at radius 3 is 1.82 bits per heavy atom. The van der Waals surface area contributed by atoms with Crippen LogP contribution in [-0.4, -0.2) is 11.3 Å². The van der Waals surface area contributed by atoms with E-state index in [0.29, 0.717) is 0 Å². The quantitative estimate of drug-likeness (QED) is 0.628. The van der Waals surface area contributed by atoms with Gasteiger partial charge in [-0.3, -0.25) is 0 Å². The van der Waals surface area contributed by atoms with Crippen molar-refractivity contribution in [3.63, 3.8) is 0 Å². The standard InChI is InChI=1S/C7H11F3O/c1-5(11)4-6(2,3)7(8,9)10/h11H,1,4H2,2-3H3. The van der Waals surface area contributed by atoms with Gasteiger partial charge in [-0.25, -0.2) is 0 Å². The fourth-order valence-corrected chi connectivity index (χ4v) is 0.610. The normalized spacial score (nSPS) is 13.2. The summed E-state index contributed by atoms with van der Waals surface area (Å²) in [7, 11) is 0. The highest BCUT2D eigenvalue weighted by Crippen LogP contribution is 2.41. The molecule has 0 aromatic carbocycles. The van der Waals surface area contributed by atoms with Gasteiger partial charge < -0.3 is 5.11 Å². The molecule has 0 heterocycles. The topological polar surface area (TPSA) is 20.2 Å². The van der Waals surface area contributed by atoms with Gasteiger partial charge in [0, 0.05) is 6.42 Å². The fourth-order valence-electron chi connectivity index (χ4n) is 0.610. The third kappa shape index (κ3) is 2.82. The van der Waals surface area contributed by atoms with Gasteiger partial charge in [-0.1, -0.05) is 20.4 Å². The maximum Gasteiger partial charge on any atom is 0.394 e. The predicted molar refractivity (Wildman–Crippen MR) is 36.2 cm³/mol. The van der Waals surface area contributed by atoms with Crippen molar-refractivity contribution in [3.8, 4) is 0 Å². The predicted octanol–water partition coefficient (Wildman–Crippen LogP) is 3.04. The van der Waals surface area contributed by atoms with E-state index in [0.717, 1.165) is 13.8 Å². The molecule has 0 aliphatic carbocycles. The van der Waals surface area contributed by atoms with Crippen molar-refractivity contribution in [2.45, 2.75) is 26.4 Å². The molecule has 0 bridgehead atoms. The minimum absolute atomic E-state index is 0.438. The van der Waals surface area contributed by atoms with Gasteiger partial charge in [0.1, 0.15) is 0 Å². The highest BCUT2D eigenvalue weighted by atomic mass is 19.4. The average molecular weight is 168 g/mol. The second kappa shape index (κ2) is 2.75. The van der Waals surface area contributed by atoms with Crippen LogP contribution >= 0.6 is 0 Å². The van der Waals surface area contributed by atoms with E-state index in [1.807, 2.05) is 0 Å². The first-order valence-electron chi connectivity index (χ1n) is 3.10. The summed E-state index contributed by atoms with van der Waals surface area (Å²) in [5.41, 5.74) is -1.89. The molecule has 0 radical (unpaired) electrons. The van der Waals surface area contributed by atoms with Gasteiger partial charge in [-0.15, -0.1) is 0 Å². The van der Waals surface area contributed by atoms with Crippen molar-refractivity contribution >= 4 is 0 Å². The number of alkyl halides is 3. The van der Waals surface area contributed by atoms with Crippen molar-refractivity contribution in [1.29, 1.82) is 0 Å². The second-order valence-electron chi connectivity index (χ2n) is 3.12. The molecule has 0 aliphatic heterocycles. The average Bonchev–Trinajstić information content (AvgIpc) is 1.56. The number of hydrogen-bond donors (Lipinski definition) is 1. The largest absolute Gasteiger partial charge is 0.513 e. The summed E-state index contributed by atoms with van der Waals surface area (Å²) in [6, 6.07) is 0. The number of aliphatic hydroxyl groups excluding tert-OH is 1. The van der Waals surface area contributed by atoms with E-state index < -0.39 is 23.8 Å². The fraction of sp³-hybridized carbons (Fsp3) is 0.714. The zero-order chi connectivity index (χ0) is 9.28. The van der Waals surface area contributed by atoms with Crippen LogP contribution in [0.3, 0.4) is 0 Å². The summed E-state index contributed by atoms with van der Waals surface area (Å²) in [6.07, 6.45) is -4.74. The summed E-state index contributed by atoms with van der Waals surface area (Å²) in [6.45, 7) is 5.05. The molecule has 0 atom stereocenters. The molecular formula is C7H11F3O. The molecule has 0 aromatic rings. The van der Waals surface area contributed by atoms with Crippen LogP contribution in [0.15, 0.2) is 12.3 Å². The molecule has 1 N–H and O–H groups in total. The zero-order valence-corrected chi connectivity index (χ0v) is 6.50. The molecule has 0 rings (SSSR count). The Morgan fingerprint density at radius 1 is 1.36 bits per heavy atom. The SMILES string of the molecule is C=C(O)CC(C)(C)C(F)(F)F.